The zero-order valence-electron chi connectivity index (χ0n) is 9.61. The van der Waals surface area contributed by atoms with Gasteiger partial charge in [-0.2, -0.15) is 13.2 Å². The summed E-state index contributed by atoms with van der Waals surface area (Å²) in [6.07, 6.45) is -3.74. The van der Waals surface area contributed by atoms with Crippen LogP contribution in [0.15, 0.2) is 12.3 Å². The van der Waals surface area contributed by atoms with Gasteiger partial charge in [0.2, 0.25) is 11.8 Å². The highest BCUT2D eigenvalue weighted by Gasteiger charge is 2.29. The first kappa shape index (κ1) is 14.7. The van der Waals surface area contributed by atoms with E-state index in [0.717, 1.165) is 19.2 Å². The first-order valence-electron chi connectivity index (χ1n) is 4.89. The molecule has 0 aliphatic heterocycles. The summed E-state index contributed by atoms with van der Waals surface area (Å²) in [6, 6.07) is 0.961. The molecule has 0 radical (unpaired) electrons. The number of nitrogens with zero attached hydrogens (tertiary/aromatic N) is 1. The van der Waals surface area contributed by atoms with E-state index in [1.807, 2.05) is 0 Å². The predicted molar refractivity (Wildman–Crippen MR) is 57.1 cm³/mol. The third-order valence-corrected chi connectivity index (χ3v) is 1.78. The lowest BCUT2D eigenvalue weighted by molar-refractivity contribution is -0.153. The van der Waals surface area contributed by atoms with E-state index in [1.54, 1.807) is 0 Å². The molecule has 0 fully saturated rings. The number of carboxylic acids is 1. The van der Waals surface area contributed by atoms with Crippen LogP contribution < -0.4 is 10.1 Å². The molecule has 0 spiro atoms. The molecule has 1 aromatic heterocycles. The summed E-state index contributed by atoms with van der Waals surface area (Å²) in [6.45, 7) is -0.486. The molecule has 1 aromatic rings. The van der Waals surface area contributed by atoms with Crippen molar-refractivity contribution in [3.05, 3.63) is 17.8 Å². The Hall–Kier alpha value is -2.32. The number of carbonyl (C=O) groups is 2. The molecule has 0 unspecified atom stereocenters. The SMILES string of the molecule is CC(=O)Nc1cc(C(=O)O)cnc1OCC(F)(F)F. The van der Waals surface area contributed by atoms with Crippen LogP contribution in [0.25, 0.3) is 0 Å². The minimum Gasteiger partial charge on any atom is -0.478 e. The van der Waals surface area contributed by atoms with Crippen LogP contribution in [-0.2, 0) is 4.79 Å². The van der Waals surface area contributed by atoms with Crippen molar-refractivity contribution in [1.29, 1.82) is 0 Å². The molecule has 2 N–H and O–H groups in total. The highest BCUT2D eigenvalue weighted by molar-refractivity contribution is 5.93. The van der Waals surface area contributed by atoms with E-state index < -0.39 is 30.5 Å². The molecule has 9 heteroatoms. The van der Waals surface area contributed by atoms with Crippen molar-refractivity contribution in [2.75, 3.05) is 11.9 Å². The number of carbonyl (C=O) groups excluding carboxylic acids is 1. The average Bonchev–Trinajstić information content (AvgIpc) is 2.25. The number of pyridine rings is 1. The van der Waals surface area contributed by atoms with Gasteiger partial charge in [0.1, 0.15) is 5.69 Å². The van der Waals surface area contributed by atoms with Gasteiger partial charge in [-0.05, 0) is 6.07 Å². The van der Waals surface area contributed by atoms with E-state index in [-0.39, 0.29) is 11.3 Å². The number of alkyl halides is 3. The second kappa shape index (κ2) is 5.55. The number of aromatic carboxylic acids is 1. The summed E-state index contributed by atoms with van der Waals surface area (Å²) in [5.41, 5.74) is -0.528. The van der Waals surface area contributed by atoms with Crippen molar-refractivity contribution in [2.45, 2.75) is 13.1 Å². The molecule has 0 aliphatic carbocycles. The third-order valence-electron chi connectivity index (χ3n) is 1.78. The van der Waals surface area contributed by atoms with Crippen LogP contribution in [0.3, 0.4) is 0 Å². The number of ether oxygens (including phenoxy) is 1. The van der Waals surface area contributed by atoms with E-state index >= 15 is 0 Å². The lowest BCUT2D eigenvalue weighted by Gasteiger charge is -2.12. The Labute approximate surface area is 105 Å². The fraction of sp³-hybridized carbons (Fsp3) is 0.300. The molecule has 0 aromatic carbocycles. The van der Waals surface area contributed by atoms with Crippen LogP contribution in [0.5, 0.6) is 5.88 Å². The van der Waals surface area contributed by atoms with Crippen LogP contribution in [0.2, 0.25) is 0 Å². The lowest BCUT2D eigenvalue weighted by Crippen LogP contribution is -2.21. The van der Waals surface area contributed by atoms with Crippen LogP contribution in [0.4, 0.5) is 18.9 Å². The van der Waals surface area contributed by atoms with Gasteiger partial charge < -0.3 is 15.2 Å². The minimum atomic E-state index is -4.57. The molecule has 19 heavy (non-hydrogen) atoms. The molecule has 0 saturated carbocycles. The van der Waals surface area contributed by atoms with E-state index in [1.165, 1.54) is 0 Å². The zero-order chi connectivity index (χ0) is 14.6. The van der Waals surface area contributed by atoms with E-state index in [4.69, 9.17) is 5.11 Å². The second-order valence-electron chi connectivity index (χ2n) is 3.47. The van der Waals surface area contributed by atoms with Crippen LogP contribution in [-0.4, -0.2) is 34.8 Å². The van der Waals surface area contributed by atoms with E-state index in [2.05, 4.69) is 15.0 Å². The number of carboxylic acid groups (broad SMARTS) is 1. The maximum absolute atomic E-state index is 12.0. The molecular formula is C10H9F3N2O4. The van der Waals surface area contributed by atoms with Crippen molar-refractivity contribution in [2.24, 2.45) is 0 Å². The van der Waals surface area contributed by atoms with Gasteiger partial charge in [-0.1, -0.05) is 0 Å². The largest absolute Gasteiger partial charge is 0.478 e. The Balaban J connectivity index is 3.01. The molecule has 0 atom stereocenters. The van der Waals surface area contributed by atoms with E-state index in [0.29, 0.717) is 0 Å². The molecular weight excluding hydrogens is 269 g/mol. The highest BCUT2D eigenvalue weighted by Crippen LogP contribution is 2.25. The third kappa shape index (κ3) is 4.82. The van der Waals surface area contributed by atoms with E-state index in [9.17, 15) is 22.8 Å². The van der Waals surface area contributed by atoms with Gasteiger partial charge >= 0.3 is 12.1 Å². The standard InChI is InChI=1S/C10H9F3N2O4/c1-5(16)15-7-2-6(9(17)18)3-14-8(7)19-4-10(11,12)13/h2-3H,4H2,1H3,(H,15,16)(H,17,18). The predicted octanol–water partition coefficient (Wildman–Crippen LogP) is 1.68. The minimum absolute atomic E-state index is 0.239. The Morgan fingerprint density at radius 2 is 2.11 bits per heavy atom. The average molecular weight is 278 g/mol. The van der Waals surface area contributed by atoms with Crippen LogP contribution in [0.1, 0.15) is 17.3 Å². The van der Waals surface area contributed by atoms with Crippen LogP contribution in [0, 0.1) is 0 Å². The monoisotopic (exact) mass is 278 g/mol. The van der Waals surface area contributed by atoms with Gasteiger partial charge in [-0.3, -0.25) is 4.79 Å². The maximum Gasteiger partial charge on any atom is 0.422 e. The summed E-state index contributed by atoms with van der Waals surface area (Å²) in [5.74, 6) is -2.43. The topological polar surface area (TPSA) is 88.5 Å². The summed E-state index contributed by atoms with van der Waals surface area (Å²) < 4.78 is 40.4. The molecule has 0 bridgehead atoms. The van der Waals surface area contributed by atoms with Crippen molar-refractivity contribution in [3.63, 3.8) is 0 Å². The number of anilines is 1. The van der Waals surface area contributed by atoms with Gasteiger partial charge in [0.05, 0.1) is 5.56 Å². The fourth-order valence-electron chi connectivity index (χ4n) is 1.11. The van der Waals surface area contributed by atoms with Gasteiger partial charge in [0.25, 0.3) is 0 Å². The van der Waals surface area contributed by atoms with Crippen molar-refractivity contribution in [1.82, 2.24) is 4.98 Å². The van der Waals surface area contributed by atoms with Gasteiger partial charge in [-0.25, -0.2) is 9.78 Å². The number of aromatic nitrogens is 1. The molecule has 1 rings (SSSR count). The maximum atomic E-state index is 12.0. The summed E-state index contributed by atoms with van der Waals surface area (Å²) in [5, 5.41) is 10.9. The summed E-state index contributed by atoms with van der Waals surface area (Å²) in [4.78, 5) is 25.0. The molecule has 0 aliphatic rings. The van der Waals surface area contributed by atoms with Gasteiger partial charge in [0, 0.05) is 13.1 Å². The normalized spacial score (nSPS) is 10.9. The summed E-state index contributed by atoms with van der Waals surface area (Å²) in [7, 11) is 0. The Morgan fingerprint density at radius 1 is 1.47 bits per heavy atom. The molecule has 1 amide bonds. The van der Waals surface area contributed by atoms with Gasteiger partial charge in [-0.15, -0.1) is 0 Å². The zero-order valence-corrected chi connectivity index (χ0v) is 9.61. The van der Waals surface area contributed by atoms with Crippen LogP contribution >= 0.6 is 0 Å². The Kier molecular flexibility index (Phi) is 4.30. The molecule has 0 saturated heterocycles. The van der Waals surface area contributed by atoms with Crippen molar-refractivity contribution < 1.29 is 32.6 Å². The van der Waals surface area contributed by atoms with Gasteiger partial charge in [0.15, 0.2) is 6.61 Å². The molecule has 6 nitrogen and oxygen atoms in total. The fourth-order valence-corrected chi connectivity index (χ4v) is 1.11. The number of hydrogen-bond acceptors (Lipinski definition) is 4. The Morgan fingerprint density at radius 3 is 2.58 bits per heavy atom. The number of rotatable bonds is 4. The first-order chi connectivity index (χ1) is 8.69. The summed E-state index contributed by atoms with van der Waals surface area (Å²) >= 11 is 0. The highest BCUT2D eigenvalue weighted by atomic mass is 19.4. The number of amides is 1. The molecule has 104 valence electrons. The molecule has 1 heterocycles. The Bertz CT molecular complexity index is 502. The van der Waals surface area contributed by atoms with Crippen molar-refractivity contribution in [3.8, 4) is 5.88 Å². The number of nitrogens with one attached hydrogen (secondary N) is 1. The van der Waals surface area contributed by atoms with Crippen molar-refractivity contribution >= 4 is 17.6 Å². The lowest BCUT2D eigenvalue weighted by atomic mass is 10.2. The first-order valence-corrected chi connectivity index (χ1v) is 4.89. The second-order valence-corrected chi connectivity index (χ2v) is 3.47. The quantitative estimate of drug-likeness (QED) is 0.874. The smallest absolute Gasteiger partial charge is 0.422 e. The number of halogens is 3. The number of hydrogen-bond donors (Lipinski definition) is 2.